The van der Waals surface area contributed by atoms with E-state index in [1.165, 1.54) is 0 Å². The van der Waals surface area contributed by atoms with E-state index in [0.29, 0.717) is 0 Å². The first-order valence-electron chi connectivity index (χ1n) is 25.0. The van der Waals surface area contributed by atoms with Crippen LogP contribution in [-0.4, -0.2) is 353 Å². The lowest BCUT2D eigenvalue weighted by molar-refractivity contribution is -0.395. The second-order valence-electron chi connectivity index (χ2n) is 19.9. The molecule has 0 aromatic heterocycles. The Bertz CT molecular complexity index is 1980. The number of epoxide rings is 1. The molecule has 21 fully saturated rings. The highest BCUT2D eigenvalue weighted by Gasteiger charge is 2.63. The third-order valence-corrected chi connectivity index (χ3v) is 15.2. The first-order chi connectivity index (χ1) is 37.4. The molecule has 21 aliphatic rings. The predicted octanol–water partition coefficient (Wildman–Crippen LogP) is -12.9. The summed E-state index contributed by atoms with van der Waals surface area (Å²) in [7, 11) is 0. The van der Waals surface area contributed by atoms with E-state index in [1.54, 1.807) is 0 Å². The molecular weight excluding hydrogens is 1070 g/mol. The minimum atomic E-state index is -2.20. The van der Waals surface area contributed by atoms with E-state index >= 15 is 0 Å². The summed E-state index contributed by atoms with van der Waals surface area (Å²) in [6, 6.07) is -1.77. The zero-order chi connectivity index (χ0) is 56.2. The fourth-order valence-electron chi connectivity index (χ4n) is 10.9. The number of azide groups is 1. The van der Waals surface area contributed by atoms with Crippen molar-refractivity contribution in [2.24, 2.45) is 5.11 Å². The van der Waals surface area contributed by atoms with Crippen molar-refractivity contribution in [3.05, 3.63) is 10.4 Å². The van der Waals surface area contributed by atoms with Gasteiger partial charge in [0.1, 0.15) is 165 Å². The van der Waals surface area contributed by atoms with E-state index < -0.39 is 261 Å². The maximum Gasteiger partial charge on any atom is 0.187 e. The first-order valence-corrected chi connectivity index (χ1v) is 25.0. The lowest BCUT2D eigenvalue weighted by Crippen LogP contribution is -2.68. The Morgan fingerprint density at radius 3 is 0.769 bits per heavy atom. The number of fused-ring (bicyclic) bond motifs is 1. The topological polar surface area (TPSA) is 555 Å². The number of aliphatic hydroxyl groups excluding tert-OH is 18. The van der Waals surface area contributed by atoms with Crippen molar-refractivity contribution in [1.29, 1.82) is 0 Å². The van der Waals surface area contributed by atoms with E-state index in [9.17, 15) is 97.4 Å². The molecule has 0 aromatic carbocycles. The van der Waals surface area contributed by atoms with E-state index in [-0.39, 0.29) is 0 Å². The molecule has 21 aliphatic heterocycles. The molecule has 448 valence electrons. The van der Waals surface area contributed by atoms with Gasteiger partial charge in [0.25, 0.3) is 0 Å². The molecule has 14 bridgehead atoms. The second-order valence-corrected chi connectivity index (χ2v) is 19.9. The Labute approximate surface area is 439 Å². The average Bonchev–Trinajstić information content (AvgIpc) is 4.32. The normalized spacial score (nSPS) is 55.0. The van der Waals surface area contributed by atoms with Gasteiger partial charge in [-0.3, -0.25) is 0 Å². The quantitative estimate of drug-likeness (QED) is 0.0464. The van der Waals surface area contributed by atoms with Gasteiger partial charge in [-0.25, -0.2) is 0 Å². The molecule has 21 rings (SSSR count). The molecule has 21 heterocycles. The van der Waals surface area contributed by atoms with Gasteiger partial charge < -0.3 is 163 Å². The molecule has 78 heavy (non-hydrogen) atoms. The summed E-state index contributed by atoms with van der Waals surface area (Å²) >= 11 is 0. The SMILES string of the molecule is [N-]=[N+]=N[C@H]1[C@H](O)[C@H]2O[C@H]3[C@@H]4O[C@H]4[C@@H](O[C@H]4[C@H](O)[C@@H](O)[C@@H](O[C@H]5[C@H](O)[C@@H](O)[C@@H](O[C@H]6[C@H](O)[C@@H](O)[C@@H](O[C@H]7[C@H](O)[C@@H](O)[C@@H](O[C@H]8[C@H](O)[C@@H](O)[C@@H](O[C@@H]1[C@@H](CO)O2)O[C@@H]8CO)O[C@@H]7CO)O[C@@H]6CO)O[C@@H]5CO)O[C@@H]4CO)O[C@@H]3CO. The van der Waals surface area contributed by atoms with Crippen molar-refractivity contribution in [2.75, 3.05) is 46.2 Å². The van der Waals surface area contributed by atoms with Crippen LogP contribution in [0.2, 0.25) is 0 Å². The Morgan fingerprint density at radius 2 is 0.474 bits per heavy atom. The fraction of sp³-hybridized carbons (Fsp3) is 1.00. The highest BCUT2D eigenvalue weighted by Crippen LogP contribution is 2.44. The van der Waals surface area contributed by atoms with Crippen LogP contribution in [0.4, 0.5) is 0 Å². The molecule has 36 nitrogen and oxygen atoms in total. The van der Waals surface area contributed by atoms with Crippen molar-refractivity contribution in [3.63, 3.8) is 0 Å². The molecule has 21 saturated heterocycles. The van der Waals surface area contributed by atoms with E-state index in [1.807, 2.05) is 0 Å². The highest BCUT2D eigenvalue weighted by atomic mass is 16.8. The Kier molecular flexibility index (Phi) is 19.8. The fourth-order valence-corrected chi connectivity index (χ4v) is 10.9. The highest BCUT2D eigenvalue weighted by molar-refractivity contribution is 5.06. The molecule has 0 saturated carbocycles. The molecule has 0 unspecified atom stereocenters. The van der Waals surface area contributed by atoms with Crippen LogP contribution in [-0.2, 0) is 71.1 Å². The summed E-state index contributed by atoms with van der Waals surface area (Å²) in [5.41, 5.74) is 9.59. The van der Waals surface area contributed by atoms with Gasteiger partial charge in [0.05, 0.1) is 52.3 Å². The molecule has 0 amide bonds. The summed E-state index contributed by atoms with van der Waals surface area (Å²) in [4.78, 5) is 2.75. The van der Waals surface area contributed by atoms with E-state index in [0.717, 1.165) is 0 Å². The van der Waals surface area contributed by atoms with Gasteiger partial charge in [0.15, 0.2) is 44.0 Å². The monoisotopic (exact) mass is 1140 g/mol. The number of hydrogen-bond donors (Lipinski definition) is 18. The van der Waals surface area contributed by atoms with Gasteiger partial charge in [-0.2, -0.15) is 0 Å². The molecule has 0 aliphatic carbocycles. The summed E-state index contributed by atoms with van der Waals surface area (Å²) in [6.07, 6.45) is -62.5. The van der Waals surface area contributed by atoms with Crippen LogP contribution in [0.1, 0.15) is 0 Å². The third kappa shape index (κ3) is 11.5. The molecular formula is C42H67N3O33. The number of hydrogen-bond acceptors (Lipinski definition) is 34. The van der Waals surface area contributed by atoms with Crippen molar-refractivity contribution in [1.82, 2.24) is 0 Å². The smallest absolute Gasteiger partial charge is 0.187 e. The maximum absolute atomic E-state index is 11.6. The summed E-state index contributed by atoms with van der Waals surface area (Å²) in [6.45, 7) is -6.84. The molecule has 0 radical (unpaired) electrons. The zero-order valence-corrected chi connectivity index (χ0v) is 40.7. The predicted molar refractivity (Wildman–Crippen MR) is 232 cm³/mol. The number of nitrogens with zero attached hydrogens (tertiary/aromatic N) is 3. The van der Waals surface area contributed by atoms with Crippen LogP contribution in [0.5, 0.6) is 0 Å². The molecule has 0 aromatic rings. The zero-order valence-electron chi connectivity index (χ0n) is 40.7. The Morgan fingerprint density at radius 1 is 0.244 bits per heavy atom. The molecule has 0 spiro atoms. The van der Waals surface area contributed by atoms with Crippen LogP contribution >= 0.6 is 0 Å². The van der Waals surface area contributed by atoms with Crippen molar-refractivity contribution < 1.29 is 163 Å². The van der Waals surface area contributed by atoms with Crippen LogP contribution < -0.4 is 0 Å². The van der Waals surface area contributed by atoms with Gasteiger partial charge in [-0.1, -0.05) is 5.11 Å². The molecule has 36 heteroatoms. The van der Waals surface area contributed by atoms with Gasteiger partial charge >= 0.3 is 0 Å². The maximum atomic E-state index is 11.6. The lowest BCUT2D eigenvalue weighted by atomic mass is 9.94. The lowest BCUT2D eigenvalue weighted by Gasteiger charge is -2.50. The number of ether oxygens (including phenoxy) is 15. The van der Waals surface area contributed by atoms with Gasteiger partial charge in [0.2, 0.25) is 0 Å². The molecule has 18 N–H and O–H groups in total. The minimum absolute atomic E-state index is 0.838. The van der Waals surface area contributed by atoms with Crippen molar-refractivity contribution in [2.45, 2.75) is 215 Å². The van der Waals surface area contributed by atoms with E-state index in [2.05, 4.69) is 10.0 Å². The largest absolute Gasteiger partial charge is 0.394 e. The Hall–Kier alpha value is -2.01. The van der Waals surface area contributed by atoms with Gasteiger partial charge in [-0.15, -0.1) is 0 Å². The van der Waals surface area contributed by atoms with Crippen LogP contribution in [0.3, 0.4) is 0 Å². The van der Waals surface area contributed by atoms with Gasteiger partial charge in [-0.05, 0) is 5.53 Å². The summed E-state index contributed by atoms with van der Waals surface area (Å²) < 4.78 is 87.0. The standard InChI is InChI=1S/C42H67N3O33/c43-45-44-15-16(53)36-64-8(1-46)27(15)72-37-22(59)17(54)28(9(2-47)65-37)73-38-23(60)18(55)29(10(3-48)66-38)74-39-24(61)19(56)30(11(4-49)67-39)75-40-25(62)20(57)31(12(5-50)68-40)76-41-26(63)21(58)32(13(6-51)69-41)77-42-35-34(71-35)33(78-36)14(7-52)70-42/h8-42,46-63H,1-7H2/t8-,9-,10-,11-,12-,13-,14-,15+,16+,17-,18-,19-,20-,21-,22-,23-,24-,25-,26-,27-,28-,29-,30-,31-,32-,33-,34+,35-,36-,37-,38-,39-,40-,41-,42-/m1/s1. The van der Waals surface area contributed by atoms with Crippen molar-refractivity contribution in [3.8, 4) is 0 Å². The van der Waals surface area contributed by atoms with Crippen LogP contribution in [0.25, 0.3) is 10.4 Å². The minimum Gasteiger partial charge on any atom is -0.394 e. The molecule has 35 atom stereocenters. The summed E-state index contributed by atoms with van der Waals surface area (Å²) in [5, 5.41) is 202. The summed E-state index contributed by atoms with van der Waals surface area (Å²) in [5.74, 6) is 0. The average molecular weight is 1140 g/mol. The van der Waals surface area contributed by atoms with Gasteiger partial charge in [0, 0.05) is 4.91 Å². The van der Waals surface area contributed by atoms with Crippen LogP contribution in [0.15, 0.2) is 5.11 Å². The van der Waals surface area contributed by atoms with E-state index in [4.69, 9.17) is 71.1 Å². The van der Waals surface area contributed by atoms with Crippen LogP contribution in [0, 0.1) is 0 Å². The second kappa shape index (κ2) is 25.5. The Balaban J connectivity index is 0.999. The first kappa shape index (κ1) is 60.6. The number of rotatable bonds is 8. The number of aliphatic hydroxyl groups is 18. The third-order valence-electron chi connectivity index (χ3n) is 15.2. The van der Waals surface area contributed by atoms with Crippen molar-refractivity contribution >= 4 is 0 Å².